The van der Waals surface area contributed by atoms with E-state index in [-0.39, 0.29) is 21.7 Å². The molecule has 2 rings (SSSR count). The molecule has 18 heavy (non-hydrogen) atoms. The molecule has 0 spiro atoms. The fraction of sp³-hybridized carbons (Fsp3) is 0.500. The number of thiophene rings is 1. The van der Waals surface area contributed by atoms with Crippen molar-refractivity contribution in [3.05, 3.63) is 21.1 Å². The van der Waals surface area contributed by atoms with Gasteiger partial charge in [0.15, 0.2) is 0 Å². The molecule has 1 saturated heterocycles. The fourth-order valence-corrected chi connectivity index (χ4v) is 2.57. The van der Waals surface area contributed by atoms with E-state index in [4.69, 9.17) is 9.84 Å². The second-order valence-corrected chi connectivity index (χ2v) is 4.94. The lowest BCUT2D eigenvalue weighted by Crippen LogP contribution is -2.18. The van der Waals surface area contributed by atoms with Crippen molar-refractivity contribution >= 4 is 28.0 Å². The normalized spacial score (nSPS) is 18.8. The molecule has 1 aliphatic rings. The van der Waals surface area contributed by atoms with E-state index in [1.54, 1.807) is 0 Å². The fourth-order valence-electron chi connectivity index (χ4n) is 1.78. The lowest BCUT2D eigenvalue weighted by Gasteiger charge is -2.09. The Balaban J connectivity index is 2.09. The van der Waals surface area contributed by atoms with Crippen LogP contribution in [0.4, 0.5) is 10.7 Å². The Hall–Kier alpha value is -1.67. The maximum atomic E-state index is 10.8. The molecular formula is C10H12N2O5S. The zero-order chi connectivity index (χ0) is 13.1. The molecule has 0 saturated carbocycles. The number of aromatic carboxylic acids is 1. The third-order valence-corrected chi connectivity index (χ3v) is 3.71. The summed E-state index contributed by atoms with van der Waals surface area (Å²) in [5.74, 6) is -1.16. The molecule has 0 amide bonds. The molecule has 7 nitrogen and oxygen atoms in total. The Labute approximate surface area is 107 Å². The van der Waals surface area contributed by atoms with Gasteiger partial charge in [0.25, 0.3) is 0 Å². The van der Waals surface area contributed by atoms with Crippen molar-refractivity contribution in [1.29, 1.82) is 0 Å². The van der Waals surface area contributed by atoms with E-state index in [2.05, 4.69) is 5.32 Å². The molecule has 0 unspecified atom stereocenters. The van der Waals surface area contributed by atoms with Crippen molar-refractivity contribution in [2.24, 2.45) is 0 Å². The highest BCUT2D eigenvalue weighted by Gasteiger charge is 2.23. The van der Waals surface area contributed by atoms with Gasteiger partial charge in [0.2, 0.25) is 0 Å². The topological polar surface area (TPSA) is 102 Å². The Morgan fingerprint density at radius 2 is 2.50 bits per heavy atom. The summed E-state index contributed by atoms with van der Waals surface area (Å²) in [7, 11) is 0. The molecule has 2 N–H and O–H groups in total. The van der Waals surface area contributed by atoms with Gasteiger partial charge in [0.1, 0.15) is 10.6 Å². The SMILES string of the molecule is O=C(O)c1cc(NC[C@@H]2CCCO2)c([N+](=O)[O-])s1. The largest absolute Gasteiger partial charge is 0.477 e. The molecular weight excluding hydrogens is 260 g/mol. The van der Waals surface area contributed by atoms with E-state index in [1.165, 1.54) is 6.07 Å². The third-order valence-electron chi connectivity index (χ3n) is 2.63. The number of hydrogen-bond acceptors (Lipinski definition) is 6. The van der Waals surface area contributed by atoms with Crippen LogP contribution in [0.2, 0.25) is 0 Å². The minimum atomic E-state index is -1.16. The van der Waals surface area contributed by atoms with Gasteiger partial charge in [-0.15, -0.1) is 0 Å². The monoisotopic (exact) mass is 272 g/mol. The van der Waals surface area contributed by atoms with E-state index >= 15 is 0 Å². The van der Waals surface area contributed by atoms with Crippen LogP contribution in [-0.2, 0) is 4.74 Å². The van der Waals surface area contributed by atoms with Crippen molar-refractivity contribution in [2.75, 3.05) is 18.5 Å². The molecule has 0 aromatic carbocycles. The van der Waals surface area contributed by atoms with Crippen LogP contribution in [0.5, 0.6) is 0 Å². The second kappa shape index (κ2) is 5.32. The Morgan fingerprint density at radius 3 is 3.06 bits per heavy atom. The maximum absolute atomic E-state index is 10.8. The standard InChI is InChI=1S/C10H12N2O5S/c13-10(14)8-4-7(9(18-8)12(15)16)11-5-6-2-1-3-17-6/h4,6,11H,1-3,5H2,(H,13,14)/t6-/m0/s1. The molecule has 0 radical (unpaired) electrons. The number of hydrogen-bond donors (Lipinski definition) is 2. The number of nitrogens with zero attached hydrogens (tertiary/aromatic N) is 1. The van der Waals surface area contributed by atoms with Crippen LogP contribution >= 0.6 is 11.3 Å². The number of nitrogens with one attached hydrogen (secondary N) is 1. The number of carboxylic acids is 1. The van der Waals surface area contributed by atoms with Crippen molar-refractivity contribution in [2.45, 2.75) is 18.9 Å². The van der Waals surface area contributed by atoms with Crippen LogP contribution in [0.15, 0.2) is 6.07 Å². The summed E-state index contributed by atoms with van der Waals surface area (Å²) in [6.45, 7) is 1.16. The first-order valence-electron chi connectivity index (χ1n) is 5.45. The predicted molar refractivity (Wildman–Crippen MR) is 65.4 cm³/mol. The summed E-state index contributed by atoms with van der Waals surface area (Å²) in [6.07, 6.45) is 1.94. The molecule has 1 fully saturated rings. The first-order chi connectivity index (χ1) is 8.58. The molecule has 98 valence electrons. The van der Waals surface area contributed by atoms with Crippen LogP contribution in [0.1, 0.15) is 22.5 Å². The van der Waals surface area contributed by atoms with E-state index in [1.807, 2.05) is 0 Å². The first-order valence-corrected chi connectivity index (χ1v) is 6.26. The number of rotatable bonds is 5. The van der Waals surface area contributed by atoms with Gasteiger partial charge in [0, 0.05) is 13.2 Å². The summed E-state index contributed by atoms with van der Waals surface area (Å²) in [4.78, 5) is 21.0. The van der Waals surface area contributed by atoms with Gasteiger partial charge < -0.3 is 15.2 Å². The molecule has 1 atom stereocenters. The summed E-state index contributed by atoms with van der Waals surface area (Å²) >= 11 is 0.656. The van der Waals surface area contributed by atoms with Crippen LogP contribution in [0.3, 0.4) is 0 Å². The van der Waals surface area contributed by atoms with Gasteiger partial charge in [-0.3, -0.25) is 10.1 Å². The average Bonchev–Trinajstić information content (AvgIpc) is 2.95. The third kappa shape index (κ3) is 2.77. The molecule has 1 aromatic rings. The molecule has 1 aromatic heterocycles. The number of carboxylic acid groups (broad SMARTS) is 1. The first kappa shape index (κ1) is 12.8. The van der Waals surface area contributed by atoms with Gasteiger partial charge in [-0.05, 0) is 18.9 Å². The second-order valence-electron chi connectivity index (χ2n) is 3.91. The van der Waals surface area contributed by atoms with Crippen LogP contribution in [-0.4, -0.2) is 35.3 Å². The minimum Gasteiger partial charge on any atom is -0.477 e. The molecule has 0 bridgehead atoms. The lowest BCUT2D eigenvalue weighted by atomic mass is 10.2. The van der Waals surface area contributed by atoms with E-state index in [0.717, 1.165) is 12.8 Å². The lowest BCUT2D eigenvalue weighted by molar-refractivity contribution is -0.379. The molecule has 0 aliphatic carbocycles. The Morgan fingerprint density at radius 1 is 1.72 bits per heavy atom. The molecule has 1 aliphatic heterocycles. The number of carbonyl (C=O) groups is 1. The maximum Gasteiger partial charge on any atom is 0.347 e. The smallest absolute Gasteiger partial charge is 0.347 e. The Kier molecular flexibility index (Phi) is 3.78. The van der Waals surface area contributed by atoms with E-state index in [0.29, 0.717) is 24.5 Å². The highest BCUT2D eigenvalue weighted by Crippen LogP contribution is 2.34. The van der Waals surface area contributed by atoms with E-state index < -0.39 is 10.9 Å². The molecule has 8 heteroatoms. The quantitative estimate of drug-likeness (QED) is 0.627. The number of nitro groups is 1. The summed E-state index contributed by atoms with van der Waals surface area (Å²) in [5, 5.41) is 22.3. The summed E-state index contributed by atoms with van der Waals surface area (Å²) < 4.78 is 5.38. The predicted octanol–water partition coefficient (Wildman–Crippen LogP) is 1.95. The Bertz CT molecular complexity index is 467. The van der Waals surface area contributed by atoms with Crippen LogP contribution < -0.4 is 5.32 Å². The van der Waals surface area contributed by atoms with Crippen molar-refractivity contribution in [3.8, 4) is 0 Å². The summed E-state index contributed by atoms with van der Waals surface area (Å²) in [6, 6.07) is 1.29. The molecule has 2 heterocycles. The number of ether oxygens (including phenoxy) is 1. The van der Waals surface area contributed by atoms with Gasteiger partial charge in [-0.25, -0.2) is 4.79 Å². The summed E-state index contributed by atoms with van der Waals surface area (Å²) in [5.41, 5.74) is 0.248. The highest BCUT2D eigenvalue weighted by atomic mass is 32.1. The van der Waals surface area contributed by atoms with Gasteiger partial charge in [0.05, 0.1) is 11.0 Å². The zero-order valence-corrected chi connectivity index (χ0v) is 10.2. The average molecular weight is 272 g/mol. The van der Waals surface area contributed by atoms with Crippen molar-refractivity contribution < 1.29 is 19.6 Å². The van der Waals surface area contributed by atoms with Crippen LogP contribution in [0.25, 0.3) is 0 Å². The van der Waals surface area contributed by atoms with Crippen molar-refractivity contribution in [3.63, 3.8) is 0 Å². The zero-order valence-electron chi connectivity index (χ0n) is 9.42. The van der Waals surface area contributed by atoms with E-state index in [9.17, 15) is 14.9 Å². The van der Waals surface area contributed by atoms with Gasteiger partial charge in [-0.1, -0.05) is 11.3 Å². The minimum absolute atomic E-state index is 0.0396. The number of anilines is 1. The van der Waals surface area contributed by atoms with Gasteiger partial charge in [-0.2, -0.15) is 0 Å². The highest BCUT2D eigenvalue weighted by molar-refractivity contribution is 7.17. The van der Waals surface area contributed by atoms with Crippen LogP contribution in [0, 0.1) is 10.1 Å². The van der Waals surface area contributed by atoms with Gasteiger partial charge >= 0.3 is 11.0 Å². The van der Waals surface area contributed by atoms with Crippen molar-refractivity contribution in [1.82, 2.24) is 0 Å².